The largest absolute Gasteiger partial charge is 0.344 e. The van der Waals surface area contributed by atoms with Crippen molar-refractivity contribution >= 4 is 5.95 Å². The molecule has 0 amide bonds. The van der Waals surface area contributed by atoms with Gasteiger partial charge in [0.2, 0.25) is 5.89 Å². The first-order chi connectivity index (χ1) is 13.5. The lowest BCUT2D eigenvalue weighted by molar-refractivity contribution is 0.175. The van der Waals surface area contributed by atoms with Gasteiger partial charge in [-0.25, -0.2) is 8.78 Å². The van der Waals surface area contributed by atoms with E-state index in [1.165, 1.54) is 6.07 Å². The topological polar surface area (TPSA) is 84.3 Å². The van der Waals surface area contributed by atoms with Gasteiger partial charge in [-0.2, -0.15) is 9.97 Å². The van der Waals surface area contributed by atoms with Crippen LogP contribution < -0.4 is 4.90 Å². The number of benzene rings is 1. The fourth-order valence-electron chi connectivity index (χ4n) is 3.27. The van der Waals surface area contributed by atoms with Crippen molar-refractivity contribution in [1.29, 1.82) is 0 Å². The van der Waals surface area contributed by atoms with Gasteiger partial charge < -0.3 is 13.9 Å². The van der Waals surface area contributed by atoms with Crippen LogP contribution in [0.1, 0.15) is 30.5 Å². The maximum absolute atomic E-state index is 13.9. The predicted molar refractivity (Wildman–Crippen MR) is 95.5 cm³/mol. The van der Waals surface area contributed by atoms with E-state index in [-0.39, 0.29) is 17.4 Å². The molecule has 4 rings (SSSR count). The molecule has 1 unspecified atom stereocenters. The summed E-state index contributed by atoms with van der Waals surface area (Å²) in [6.45, 7) is 2.06. The van der Waals surface area contributed by atoms with Crippen LogP contribution in [0.5, 0.6) is 0 Å². The third-order valence-corrected chi connectivity index (χ3v) is 4.68. The van der Waals surface area contributed by atoms with Crippen molar-refractivity contribution in [3.05, 3.63) is 41.5 Å². The summed E-state index contributed by atoms with van der Waals surface area (Å²) in [4.78, 5) is 12.6. The van der Waals surface area contributed by atoms with Gasteiger partial charge in [-0.05, 0) is 36.7 Å². The second kappa shape index (κ2) is 7.63. The molecule has 1 aromatic carbocycles. The fourth-order valence-corrected chi connectivity index (χ4v) is 3.27. The van der Waals surface area contributed by atoms with Crippen LogP contribution in [0.2, 0.25) is 0 Å². The van der Waals surface area contributed by atoms with E-state index in [9.17, 15) is 8.78 Å². The normalized spacial score (nSPS) is 17.8. The molecular weight excluding hydrogens is 370 g/mol. The van der Waals surface area contributed by atoms with Crippen molar-refractivity contribution < 1.29 is 17.8 Å². The van der Waals surface area contributed by atoms with Crippen LogP contribution in [-0.4, -0.2) is 52.4 Å². The monoisotopic (exact) mass is 390 g/mol. The number of hydrogen-bond acceptors (Lipinski definition) is 8. The van der Waals surface area contributed by atoms with Crippen LogP contribution in [0.4, 0.5) is 14.7 Å². The number of rotatable bonds is 5. The summed E-state index contributed by atoms with van der Waals surface area (Å²) in [5.74, 6) is 0.398. The molecule has 0 bridgehead atoms. The lowest BCUT2D eigenvalue weighted by Crippen LogP contribution is -2.34. The second-order valence-corrected chi connectivity index (χ2v) is 7.04. The van der Waals surface area contributed by atoms with Crippen molar-refractivity contribution in [3.63, 3.8) is 0 Å². The molecule has 1 aliphatic heterocycles. The fraction of sp³-hybridized carbons (Fsp3) is 0.444. The first kappa shape index (κ1) is 18.5. The third-order valence-electron chi connectivity index (χ3n) is 4.68. The molecule has 0 spiro atoms. The molecule has 1 saturated heterocycles. The molecule has 0 aliphatic carbocycles. The Labute approximate surface area is 160 Å². The lowest BCUT2D eigenvalue weighted by atomic mass is 9.98. The van der Waals surface area contributed by atoms with Crippen molar-refractivity contribution in [2.45, 2.75) is 25.3 Å². The van der Waals surface area contributed by atoms with Crippen molar-refractivity contribution in [3.8, 4) is 11.5 Å². The highest BCUT2D eigenvalue weighted by atomic mass is 19.1. The Bertz CT molecular complexity index is 957. The van der Waals surface area contributed by atoms with E-state index in [0.29, 0.717) is 24.2 Å². The van der Waals surface area contributed by atoms with E-state index < -0.39 is 11.6 Å². The van der Waals surface area contributed by atoms with E-state index in [1.807, 2.05) is 14.1 Å². The summed E-state index contributed by atoms with van der Waals surface area (Å²) in [6, 6.07) is 3.24. The molecule has 1 fully saturated rings. The Morgan fingerprint density at radius 1 is 1.18 bits per heavy atom. The highest BCUT2D eigenvalue weighted by molar-refractivity contribution is 5.53. The number of nitrogens with zero attached hydrogens (tertiary/aromatic N) is 6. The zero-order chi connectivity index (χ0) is 19.7. The van der Waals surface area contributed by atoms with E-state index in [0.717, 1.165) is 38.1 Å². The van der Waals surface area contributed by atoms with Gasteiger partial charge in [0.25, 0.3) is 11.8 Å². The van der Waals surface area contributed by atoms with Crippen LogP contribution in [0.25, 0.3) is 11.5 Å². The van der Waals surface area contributed by atoms with Gasteiger partial charge in [-0.1, -0.05) is 5.16 Å². The van der Waals surface area contributed by atoms with Gasteiger partial charge in [0.1, 0.15) is 11.6 Å². The van der Waals surface area contributed by atoms with Gasteiger partial charge in [0.05, 0.1) is 18.0 Å². The number of aromatic nitrogens is 4. The highest BCUT2D eigenvalue weighted by Gasteiger charge is 2.27. The first-order valence-electron chi connectivity index (χ1n) is 9.01. The van der Waals surface area contributed by atoms with E-state index in [4.69, 9.17) is 9.05 Å². The third kappa shape index (κ3) is 3.86. The second-order valence-electron chi connectivity index (χ2n) is 7.04. The molecule has 0 radical (unpaired) electrons. The Hall–Kier alpha value is -2.88. The maximum Gasteiger partial charge on any atom is 0.265 e. The maximum atomic E-state index is 13.9. The van der Waals surface area contributed by atoms with Crippen LogP contribution >= 0.6 is 0 Å². The Morgan fingerprint density at radius 3 is 2.79 bits per heavy atom. The number of piperidine rings is 1. The molecule has 3 heterocycles. The molecule has 0 saturated carbocycles. The van der Waals surface area contributed by atoms with Crippen molar-refractivity contribution in [2.75, 3.05) is 32.1 Å². The lowest BCUT2D eigenvalue weighted by Gasteiger charge is -2.29. The number of anilines is 1. The molecule has 28 heavy (non-hydrogen) atoms. The average molecular weight is 390 g/mol. The quantitative estimate of drug-likeness (QED) is 0.658. The molecule has 2 aromatic heterocycles. The minimum absolute atomic E-state index is 0.0357. The summed E-state index contributed by atoms with van der Waals surface area (Å²) in [5.41, 5.74) is 0.0822. The number of hydrogen-bond donors (Lipinski definition) is 0. The standard InChI is InChI=1S/C18H20F2N6O2/c1-25(2)18-22-16(27-24-18)11-4-3-7-26(9-11)10-15-21-17(28-23-15)13-6-5-12(19)8-14(13)20/h5-6,8,11H,3-4,7,9-10H2,1-2H3. The van der Waals surface area contributed by atoms with Crippen LogP contribution in [-0.2, 0) is 6.54 Å². The molecule has 1 aliphatic rings. The minimum Gasteiger partial charge on any atom is -0.344 e. The van der Waals surface area contributed by atoms with Crippen LogP contribution in [0.15, 0.2) is 27.2 Å². The zero-order valence-electron chi connectivity index (χ0n) is 15.6. The van der Waals surface area contributed by atoms with Crippen LogP contribution in [0, 0.1) is 11.6 Å². The molecule has 3 aromatic rings. The minimum atomic E-state index is -0.735. The Morgan fingerprint density at radius 2 is 2.04 bits per heavy atom. The van der Waals surface area contributed by atoms with Gasteiger partial charge >= 0.3 is 0 Å². The molecule has 0 N–H and O–H groups in total. The summed E-state index contributed by atoms with van der Waals surface area (Å²) in [5, 5.41) is 7.90. The number of likely N-dealkylation sites (tertiary alicyclic amines) is 1. The smallest absolute Gasteiger partial charge is 0.265 e. The summed E-state index contributed by atoms with van der Waals surface area (Å²) in [7, 11) is 3.72. The first-order valence-corrected chi connectivity index (χ1v) is 9.01. The van der Waals surface area contributed by atoms with Gasteiger partial charge in [-0.3, -0.25) is 4.90 Å². The van der Waals surface area contributed by atoms with E-state index in [1.54, 1.807) is 4.90 Å². The van der Waals surface area contributed by atoms with Crippen molar-refractivity contribution in [2.24, 2.45) is 0 Å². The summed E-state index contributed by atoms with van der Waals surface area (Å²) >= 11 is 0. The Balaban J connectivity index is 1.43. The van der Waals surface area contributed by atoms with Gasteiger partial charge in [-0.15, -0.1) is 0 Å². The zero-order valence-corrected chi connectivity index (χ0v) is 15.6. The number of halogens is 2. The molecule has 8 nitrogen and oxygen atoms in total. The van der Waals surface area contributed by atoms with E-state index >= 15 is 0 Å². The van der Waals surface area contributed by atoms with E-state index in [2.05, 4.69) is 25.2 Å². The predicted octanol–water partition coefficient (Wildman–Crippen LogP) is 2.84. The summed E-state index contributed by atoms with van der Waals surface area (Å²) < 4.78 is 37.5. The molecule has 148 valence electrons. The van der Waals surface area contributed by atoms with Gasteiger partial charge in [0, 0.05) is 26.7 Å². The average Bonchev–Trinajstić information content (AvgIpc) is 3.32. The molecular formula is C18H20F2N6O2. The summed E-state index contributed by atoms with van der Waals surface area (Å²) in [6.07, 6.45) is 1.94. The molecule has 10 heteroatoms. The van der Waals surface area contributed by atoms with Gasteiger partial charge in [0.15, 0.2) is 5.82 Å². The highest BCUT2D eigenvalue weighted by Crippen LogP contribution is 2.28. The van der Waals surface area contributed by atoms with Crippen molar-refractivity contribution in [1.82, 2.24) is 25.2 Å². The van der Waals surface area contributed by atoms with Crippen LogP contribution in [0.3, 0.4) is 0 Å². The molecule has 1 atom stereocenters. The SMILES string of the molecule is CN(C)c1noc(C2CCCN(Cc3noc(-c4ccc(F)cc4F)n3)C2)n1. The Kier molecular flexibility index (Phi) is 5.03.